The maximum atomic E-state index is 13.0. The van der Waals surface area contributed by atoms with Gasteiger partial charge in [-0.1, -0.05) is 23.9 Å². The number of aryl methyl sites for hydroxylation is 1. The van der Waals surface area contributed by atoms with Gasteiger partial charge in [0.2, 0.25) is 0 Å². The predicted octanol–water partition coefficient (Wildman–Crippen LogP) is 2.90. The normalized spacial score (nSPS) is 10.3. The van der Waals surface area contributed by atoms with Crippen molar-refractivity contribution in [2.45, 2.75) is 12.1 Å². The summed E-state index contributed by atoms with van der Waals surface area (Å²) < 4.78 is 13.0. The first-order valence-corrected chi connectivity index (χ1v) is 6.34. The fourth-order valence-electron chi connectivity index (χ4n) is 1.33. The molecule has 2 rings (SSSR count). The van der Waals surface area contributed by atoms with Crippen molar-refractivity contribution >= 4 is 17.5 Å². The smallest absolute Gasteiger partial charge is 0.187 e. The number of carbonyl (C=O) groups excluding carboxylic acids is 1. The molecule has 0 saturated carbocycles. The lowest BCUT2D eigenvalue weighted by Gasteiger charge is -2.01. The third kappa shape index (κ3) is 3.37. The lowest BCUT2D eigenvalue weighted by molar-refractivity contribution is 0.102. The number of hydrogen-bond acceptors (Lipinski definition) is 4. The van der Waals surface area contributed by atoms with Crippen LogP contribution in [0.5, 0.6) is 0 Å². The minimum absolute atomic E-state index is 0.135. The minimum Gasteiger partial charge on any atom is -0.293 e. The molecule has 0 aliphatic heterocycles. The van der Waals surface area contributed by atoms with Crippen molar-refractivity contribution in [3.63, 3.8) is 0 Å². The van der Waals surface area contributed by atoms with Gasteiger partial charge in [-0.2, -0.15) is 0 Å². The van der Waals surface area contributed by atoms with Crippen molar-refractivity contribution in [2.24, 2.45) is 0 Å². The quantitative estimate of drug-likeness (QED) is 0.483. The van der Waals surface area contributed by atoms with E-state index in [0.717, 1.165) is 5.56 Å². The van der Waals surface area contributed by atoms with Crippen LogP contribution in [-0.4, -0.2) is 21.5 Å². The van der Waals surface area contributed by atoms with Crippen LogP contribution >= 0.6 is 11.8 Å². The van der Waals surface area contributed by atoms with Crippen LogP contribution in [0.25, 0.3) is 0 Å². The molecule has 0 spiro atoms. The van der Waals surface area contributed by atoms with Gasteiger partial charge in [0.05, 0.1) is 5.75 Å². The maximum absolute atomic E-state index is 13.0. The lowest BCUT2D eigenvalue weighted by Crippen LogP contribution is -2.03. The standard InChI is InChI=1S/C13H11FN2OS/c1-9-6-15-13(16-7-9)18-8-12(17)10-3-2-4-11(14)5-10/h2-7H,8H2,1H3. The third-order valence-corrected chi connectivity index (χ3v) is 3.11. The molecule has 0 aliphatic rings. The Hall–Kier alpha value is -1.75. The van der Waals surface area contributed by atoms with Crippen molar-refractivity contribution in [2.75, 3.05) is 5.75 Å². The third-order valence-electron chi connectivity index (χ3n) is 2.24. The van der Waals surface area contributed by atoms with E-state index < -0.39 is 5.82 Å². The molecule has 0 fully saturated rings. The van der Waals surface area contributed by atoms with E-state index in [1.807, 2.05) is 6.92 Å². The Morgan fingerprint density at radius 3 is 2.72 bits per heavy atom. The lowest BCUT2D eigenvalue weighted by atomic mass is 10.1. The van der Waals surface area contributed by atoms with Gasteiger partial charge >= 0.3 is 0 Å². The zero-order chi connectivity index (χ0) is 13.0. The van der Waals surface area contributed by atoms with E-state index in [4.69, 9.17) is 0 Å². The molecule has 1 aromatic heterocycles. The van der Waals surface area contributed by atoms with Gasteiger partial charge in [0.1, 0.15) is 5.82 Å². The Bertz CT molecular complexity index is 557. The second-order valence-corrected chi connectivity index (χ2v) is 4.71. The highest BCUT2D eigenvalue weighted by Crippen LogP contribution is 2.15. The van der Waals surface area contributed by atoms with Crippen LogP contribution in [0, 0.1) is 12.7 Å². The molecule has 18 heavy (non-hydrogen) atoms. The molecule has 2 aromatic rings. The monoisotopic (exact) mass is 262 g/mol. The van der Waals surface area contributed by atoms with Gasteiger partial charge in [-0.15, -0.1) is 0 Å². The number of Topliss-reactive ketones (excluding diaryl/α,β-unsaturated/α-hetero) is 1. The van der Waals surface area contributed by atoms with E-state index in [0.29, 0.717) is 10.7 Å². The number of hydrogen-bond donors (Lipinski definition) is 0. The first kappa shape index (κ1) is 12.7. The largest absolute Gasteiger partial charge is 0.293 e. The van der Waals surface area contributed by atoms with Crippen LogP contribution in [0.15, 0.2) is 41.8 Å². The summed E-state index contributed by atoms with van der Waals surface area (Å²) in [6.45, 7) is 1.90. The van der Waals surface area contributed by atoms with Gasteiger partial charge < -0.3 is 0 Å². The predicted molar refractivity (Wildman–Crippen MR) is 68.2 cm³/mol. The van der Waals surface area contributed by atoms with Crippen molar-refractivity contribution in [3.8, 4) is 0 Å². The average Bonchev–Trinajstić information content (AvgIpc) is 2.38. The van der Waals surface area contributed by atoms with Crippen molar-refractivity contribution in [1.29, 1.82) is 0 Å². The Labute approximate surface area is 108 Å². The molecule has 0 bridgehead atoms. The molecule has 92 valence electrons. The topological polar surface area (TPSA) is 42.9 Å². The molecule has 5 heteroatoms. The van der Waals surface area contributed by atoms with E-state index in [2.05, 4.69) is 9.97 Å². The number of rotatable bonds is 4. The first-order chi connectivity index (χ1) is 8.65. The van der Waals surface area contributed by atoms with E-state index in [9.17, 15) is 9.18 Å². The SMILES string of the molecule is Cc1cnc(SCC(=O)c2cccc(F)c2)nc1. The molecular formula is C13H11FN2OS. The summed E-state index contributed by atoms with van der Waals surface area (Å²) in [6.07, 6.45) is 3.39. The van der Waals surface area contributed by atoms with Gasteiger partial charge in [0.25, 0.3) is 0 Å². The number of ketones is 1. The zero-order valence-corrected chi connectivity index (χ0v) is 10.6. The van der Waals surface area contributed by atoms with Crippen LogP contribution < -0.4 is 0 Å². The molecular weight excluding hydrogens is 251 g/mol. The second-order valence-electron chi connectivity index (χ2n) is 3.77. The Kier molecular flexibility index (Phi) is 4.04. The number of nitrogens with zero attached hydrogens (tertiary/aromatic N) is 2. The fraction of sp³-hybridized carbons (Fsp3) is 0.154. The van der Waals surface area contributed by atoms with Crippen LogP contribution in [0.3, 0.4) is 0 Å². The molecule has 3 nitrogen and oxygen atoms in total. The molecule has 1 heterocycles. The Morgan fingerprint density at radius 1 is 1.33 bits per heavy atom. The van der Waals surface area contributed by atoms with E-state index in [1.165, 1.54) is 30.0 Å². The molecule has 1 aromatic carbocycles. The highest BCUT2D eigenvalue weighted by Gasteiger charge is 2.08. The average molecular weight is 262 g/mol. The molecule has 0 unspecified atom stereocenters. The Balaban J connectivity index is 1.98. The molecule has 0 radical (unpaired) electrons. The molecule has 0 aliphatic carbocycles. The van der Waals surface area contributed by atoms with Gasteiger partial charge in [0.15, 0.2) is 10.9 Å². The molecule has 0 saturated heterocycles. The summed E-state index contributed by atoms with van der Waals surface area (Å²) in [5, 5.41) is 0.547. The number of halogens is 1. The van der Waals surface area contributed by atoms with Gasteiger partial charge in [-0.05, 0) is 24.6 Å². The van der Waals surface area contributed by atoms with E-state index in [-0.39, 0.29) is 11.5 Å². The summed E-state index contributed by atoms with van der Waals surface area (Å²) in [5.41, 5.74) is 1.34. The number of aromatic nitrogens is 2. The van der Waals surface area contributed by atoms with Crippen LogP contribution in [-0.2, 0) is 0 Å². The number of thioether (sulfide) groups is 1. The van der Waals surface area contributed by atoms with Gasteiger partial charge in [-0.3, -0.25) is 4.79 Å². The van der Waals surface area contributed by atoms with Gasteiger partial charge in [-0.25, -0.2) is 14.4 Å². The minimum atomic E-state index is -0.405. The maximum Gasteiger partial charge on any atom is 0.187 e. The Morgan fingerprint density at radius 2 is 2.06 bits per heavy atom. The number of benzene rings is 1. The van der Waals surface area contributed by atoms with Crippen molar-refractivity contribution < 1.29 is 9.18 Å². The van der Waals surface area contributed by atoms with Crippen LogP contribution in [0.1, 0.15) is 15.9 Å². The summed E-state index contributed by atoms with van der Waals surface area (Å²) >= 11 is 1.24. The fourth-order valence-corrected chi connectivity index (χ4v) is 2.01. The summed E-state index contributed by atoms with van der Waals surface area (Å²) in [6, 6.07) is 5.67. The first-order valence-electron chi connectivity index (χ1n) is 5.35. The molecule has 0 N–H and O–H groups in total. The van der Waals surface area contributed by atoms with Gasteiger partial charge in [0, 0.05) is 18.0 Å². The molecule has 0 amide bonds. The van der Waals surface area contributed by atoms with Crippen molar-refractivity contribution in [1.82, 2.24) is 9.97 Å². The van der Waals surface area contributed by atoms with E-state index in [1.54, 1.807) is 18.5 Å². The summed E-state index contributed by atoms with van der Waals surface area (Å²) in [4.78, 5) is 20.0. The van der Waals surface area contributed by atoms with Crippen LogP contribution in [0.2, 0.25) is 0 Å². The zero-order valence-electron chi connectivity index (χ0n) is 9.76. The van der Waals surface area contributed by atoms with E-state index >= 15 is 0 Å². The van der Waals surface area contributed by atoms with Crippen molar-refractivity contribution in [3.05, 3.63) is 53.6 Å². The molecule has 0 atom stereocenters. The highest BCUT2D eigenvalue weighted by atomic mass is 32.2. The highest BCUT2D eigenvalue weighted by molar-refractivity contribution is 7.99. The number of carbonyl (C=O) groups is 1. The van der Waals surface area contributed by atoms with Crippen LogP contribution in [0.4, 0.5) is 4.39 Å². The summed E-state index contributed by atoms with van der Waals surface area (Å²) in [7, 11) is 0. The second kappa shape index (κ2) is 5.73. The summed E-state index contributed by atoms with van der Waals surface area (Å²) in [5.74, 6) is -0.340.